The zero-order chi connectivity index (χ0) is 14.1. The first-order valence-corrected chi connectivity index (χ1v) is 6.78. The van der Waals surface area contributed by atoms with E-state index in [1.54, 1.807) is 0 Å². The molecule has 0 aliphatic carbocycles. The molecule has 1 aromatic carbocycles. The smallest absolute Gasteiger partial charge is 0.323 e. The zero-order valence-electron chi connectivity index (χ0n) is 11.6. The third-order valence-corrected chi connectivity index (χ3v) is 3.06. The summed E-state index contributed by atoms with van der Waals surface area (Å²) >= 11 is 0. The maximum Gasteiger partial charge on any atom is 0.323 e. The minimum atomic E-state index is -0.785. The Hall–Kier alpha value is -1.77. The average Bonchev–Trinajstić information content (AvgIpc) is 2.38. The summed E-state index contributed by atoms with van der Waals surface area (Å²) in [4.78, 5) is 12.9. The van der Waals surface area contributed by atoms with Crippen LogP contribution in [0.5, 0.6) is 0 Å². The van der Waals surface area contributed by atoms with Crippen molar-refractivity contribution in [2.45, 2.75) is 32.6 Å². The van der Waals surface area contributed by atoms with Gasteiger partial charge >= 0.3 is 5.97 Å². The molecule has 0 saturated carbocycles. The number of rotatable bonds is 9. The molecule has 1 N–H and O–H groups in total. The van der Waals surface area contributed by atoms with Crippen LogP contribution in [0.3, 0.4) is 0 Å². The second-order valence-corrected chi connectivity index (χ2v) is 4.79. The van der Waals surface area contributed by atoms with Crippen molar-refractivity contribution in [2.75, 3.05) is 18.0 Å². The SMILES string of the molecule is C=CCCCCCN(CC(=O)O)c1ccc(C)cc1. The number of nitrogens with zero attached hydrogens (tertiary/aromatic N) is 1. The fraction of sp³-hybridized carbons (Fsp3) is 0.438. The second-order valence-electron chi connectivity index (χ2n) is 4.79. The van der Waals surface area contributed by atoms with Crippen LogP contribution in [0.1, 0.15) is 31.2 Å². The lowest BCUT2D eigenvalue weighted by Crippen LogP contribution is -2.30. The Labute approximate surface area is 115 Å². The molecule has 0 fully saturated rings. The molecule has 0 aromatic heterocycles. The number of aliphatic carboxylic acids is 1. The number of hydrogen-bond acceptors (Lipinski definition) is 2. The molecule has 1 aromatic rings. The Balaban J connectivity index is 2.53. The highest BCUT2D eigenvalue weighted by atomic mass is 16.4. The largest absolute Gasteiger partial charge is 0.480 e. The fourth-order valence-electron chi connectivity index (χ4n) is 1.99. The van der Waals surface area contributed by atoms with E-state index >= 15 is 0 Å². The highest BCUT2D eigenvalue weighted by molar-refractivity contribution is 5.73. The van der Waals surface area contributed by atoms with Crippen molar-refractivity contribution in [1.82, 2.24) is 0 Å². The third-order valence-electron chi connectivity index (χ3n) is 3.06. The lowest BCUT2D eigenvalue weighted by atomic mass is 10.1. The summed E-state index contributed by atoms with van der Waals surface area (Å²) in [5.74, 6) is -0.785. The third kappa shape index (κ3) is 6.09. The number of carboxylic acid groups (broad SMARTS) is 1. The molecule has 0 heterocycles. The first kappa shape index (κ1) is 15.3. The van der Waals surface area contributed by atoms with Gasteiger partial charge < -0.3 is 10.0 Å². The molecular weight excluding hydrogens is 238 g/mol. The van der Waals surface area contributed by atoms with Crippen LogP contribution in [0.15, 0.2) is 36.9 Å². The molecule has 0 atom stereocenters. The predicted octanol–water partition coefficient (Wildman–Crippen LogP) is 3.63. The van der Waals surface area contributed by atoms with Gasteiger partial charge in [-0.1, -0.05) is 30.2 Å². The predicted molar refractivity (Wildman–Crippen MR) is 79.7 cm³/mol. The molecule has 1 rings (SSSR count). The topological polar surface area (TPSA) is 40.5 Å². The van der Waals surface area contributed by atoms with E-state index in [1.165, 1.54) is 5.56 Å². The van der Waals surface area contributed by atoms with Crippen molar-refractivity contribution >= 4 is 11.7 Å². The van der Waals surface area contributed by atoms with Gasteiger partial charge in [-0.25, -0.2) is 0 Å². The first-order valence-electron chi connectivity index (χ1n) is 6.78. The van der Waals surface area contributed by atoms with Gasteiger partial charge in [0.1, 0.15) is 6.54 Å². The molecule has 104 valence electrons. The molecule has 0 radical (unpaired) electrons. The van der Waals surface area contributed by atoms with E-state index in [4.69, 9.17) is 5.11 Å². The molecule has 0 saturated heterocycles. The van der Waals surface area contributed by atoms with Crippen LogP contribution in [-0.4, -0.2) is 24.2 Å². The highest BCUT2D eigenvalue weighted by Gasteiger charge is 2.09. The van der Waals surface area contributed by atoms with Gasteiger partial charge in [-0.3, -0.25) is 4.79 Å². The van der Waals surface area contributed by atoms with Crippen molar-refractivity contribution in [3.63, 3.8) is 0 Å². The highest BCUT2D eigenvalue weighted by Crippen LogP contribution is 2.16. The first-order chi connectivity index (χ1) is 9.13. The standard InChI is InChI=1S/C16H23NO2/c1-3-4-5-6-7-12-17(13-16(18)19)15-10-8-14(2)9-11-15/h3,8-11H,1,4-7,12-13H2,2H3,(H,18,19). The van der Waals surface area contributed by atoms with Crippen LogP contribution in [0.25, 0.3) is 0 Å². The van der Waals surface area contributed by atoms with Gasteiger partial charge in [-0.2, -0.15) is 0 Å². The van der Waals surface area contributed by atoms with Crippen molar-refractivity contribution in [2.24, 2.45) is 0 Å². The van der Waals surface area contributed by atoms with Crippen molar-refractivity contribution in [3.8, 4) is 0 Å². The van der Waals surface area contributed by atoms with Gasteiger partial charge in [0, 0.05) is 12.2 Å². The summed E-state index contributed by atoms with van der Waals surface area (Å²) in [7, 11) is 0. The number of carboxylic acids is 1. The zero-order valence-corrected chi connectivity index (χ0v) is 11.6. The summed E-state index contributed by atoms with van der Waals surface area (Å²) in [5.41, 5.74) is 2.17. The Morgan fingerprint density at radius 2 is 1.95 bits per heavy atom. The summed E-state index contributed by atoms with van der Waals surface area (Å²) in [5, 5.41) is 8.99. The Kier molecular flexibility index (Phi) is 6.72. The van der Waals surface area contributed by atoms with Crippen LogP contribution in [-0.2, 0) is 4.79 Å². The quantitative estimate of drug-likeness (QED) is 0.545. The fourth-order valence-corrected chi connectivity index (χ4v) is 1.99. The van der Waals surface area contributed by atoms with Crippen LogP contribution >= 0.6 is 0 Å². The number of benzene rings is 1. The van der Waals surface area contributed by atoms with Gasteiger partial charge in [0.2, 0.25) is 0 Å². The van der Waals surface area contributed by atoms with Crippen LogP contribution < -0.4 is 4.90 Å². The number of hydrogen-bond donors (Lipinski definition) is 1. The van der Waals surface area contributed by atoms with E-state index in [9.17, 15) is 4.79 Å². The molecular formula is C16H23NO2. The van der Waals surface area contributed by atoms with Crippen molar-refractivity contribution in [1.29, 1.82) is 0 Å². The maximum absolute atomic E-state index is 10.9. The minimum absolute atomic E-state index is 0.0600. The van der Waals surface area contributed by atoms with Gasteiger partial charge in [-0.15, -0.1) is 6.58 Å². The van der Waals surface area contributed by atoms with Gasteiger partial charge in [0.25, 0.3) is 0 Å². The number of allylic oxidation sites excluding steroid dienone is 1. The monoisotopic (exact) mass is 261 g/mol. The Bertz CT molecular complexity index is 398. The lowest BCUT2D eigenvalue weighted by Gasteiger charge is -2.23. The molecule has 0 aliphatic rings. The summed E-state index contributed by atoms with van der Waals surface area (Å²) < 4.78 is 0. The van der Waals surface area contributed by atoms with Crippen LogP contribution in [0.2, 0.25) is 0 Å². The maximum atomic E-state index is 10.9. The minimum Gasteiger partial charge on any atom is -0.480 e. The summed E-state index contributed by atoms with van der Waals surface area (Å²) in [6.45, 7) is 6.57. The van der Waals surface area contributed by atoms with E-state index in [0.717, 1.165) is 37.9 Å². The van der Waals surface area contributed by atoms with Gasteiger partial charge in [0.15, 0.2) is 0 Å². The van der Waals surface area contributed by atoms with E-state index < -0.39 is 5.97 Å². The number of aryl methyl sites for hydroxylation is 1. The van der Waals surface area contributed by atoms with E-state index in [1.807, 2.05) is 42.2 Å². The van der Waals surface area contributed by atoms with Crippen molar-refractivity contribution < 1.29 is 9.90 Å². The Morgan fingerprint density at radius 3 is 2.53 bits per heavy atom. The molecule has 0 spiro atoms. The molecule has 19 heavy (non-hydrogen) atoms. The van der Waals surface area contributed by atoms with Crippen LogP contribution in [0, 0.1) is 6.92 Å². The second kappa shape index (κ2) is 8.35. The van der Waals surface area contributed by atoms with Crippen molar-refractivity contribution in [3.05, 3.63) is 42.5 Å². The van der Waals surface area contributed by atoms with Gasteiger partial charge in [-0.05, 0) is 38.3 Å². The molecule has 0 unspecified atom stereocenters. The lowest BCUT2D eigenvalue weighted by molar-refractivity contribution is -0.135. The van der Waals surface area contributed by atoms with Crippen LogP contribution in [0.4, 0.5) is 5.69 Å². The molecule has 3 heteroatoms. The van der Waals surface area contributed by atoms with E-state index in [2.05, 4.69) is 6.58 Å². The van der Waals surface area contributed by atoms with E-state index in [-0.39, 0.29) is 6.54 Å². The Morgan fingerprint density at radius 1 is 1.26 bits per heavy atom. The molecule has 3 nitrogen and oxygen atoms in total. The van der Waals surface area contributed by atoms with Gasteiger partial charge in [0.05, 0.1) is 0 Å². The molecule has 0 bridgehead atoms. The number of carbonyl (C=O) groups is 1. The molecule has 0 aliphatic heterocycles. The summed E-state index contributed by atoms with van der Waals surface area (Å²) in [6.07, 6.45) is 6.19. The number of unbranched alkanes of at least 4 members (excludes halogenated alkanes) is 3. The average molecular weight is 261 g/mol. The summed E-state index contributed by atoms with van der Waals surface area (Å²) in [6, 6.07) is 8.01. The molecule has 0 amide bonds. The normalized spacial score (nSPS) is 10.2. The van der Waals surface area contributed by atoms with E-state index in [0.29, 0.717) is 0 Å². The number of anilines is 1.